The van der Waals surface area contributed by atoms with Gasteiger partial charge in [-0.25, -0.2) is 0 Å². The average Bonchev–Trinajstić information content (AvgIpc) is 2.33. The van der Waals surface area contributed by atoms with Crippen LogP contribution in [-0.2, 0) is 9.59 Å². The molecule has 0 aromatic rings. The number of piperazine rings is 1. The molecule has 1 aliphatic rings. The minimum Gasteiger partial charge on any atom is -0.340 e. The van der Waals surface area contributed by atoms with Gasteiger partial charge in [0.1, 0.15) is 11.6 Å². The summed E-state index contributed by atoms with van der Waals surface area (Å²) in [6.45, 7) is 12.5. The molecule has 1 aliphatic heterocycles. The number of hydrogen-bond acceptors (Lipinski definition) is 3. The zero-order chi connectivity index (χ0) is 15.6. The first-order chi connectivity index (χ1) is 9.17. The van der Waals surface area contributed by atoms with Gasteiger partial charge >= 0.3 is 0 Å². The van der Waals surface area contributed by atoms with Crippen LogP contribution in [0.25, 0.3) is 0 Å². The second-order valence-electron chi connectivity index (χ2n) is 6.64. The van der Waals surface area contributed by atoms with Crippen molar-refractivity contribution in [2.45, 2.75) is 59.5 Å². The standard InChI is InChI=1S/C15H28N2O2S/c1-7-15(6)13(19)17(9-10-20-8-2)11(12(18)16-15)14(3,4)5/h11H,7-10H2,1-6H3,(H,16,18). The van der Waals surface area contributed by atoms with Gasteiger partial charge in [0.2, 0.25) is 11.8 Å². The molecule has 0 saturated carbocycles. The van der Waals surface area contributed by atoms with E-state index in [4.69, 9.17) is 0 Å². The minimum atomic E-state index is -0.754. The smallest absolute Gasteiger partial charge is 0.248 e. The van der Waals surface area contributed by atoms with Crippen molar-refractivity contribution in [3.8, 4) is 0 Å². The van der Waals surface area contributed by atoms with Crippen LogP contribution < -0.4 is 5.32 Å². The van der Waals surface area contributed by atoms with Crippen molar-refractivity contribution in [2.24, 2.45) is 5.41 Å². The summed E-state index contributed by atoms with van der Waals surface area (Å²) in [4.78, 5) is 27.1. The molecule has 0 spiro atoms. The highest BCUT2D eigenvalue weighted by Gasteiger charge is 2.50. The Balaban J connectivity index is 3.04. The number of rotatable bonds is 5. The molecule has 1 N–H and O–H groups in total. The van der Waals surface area contributed by atoms with Crippen LogP contribution in [-0.4, -0.2) is 46.3 Å². The molecular weight excluding hydrogens is 272 g/mol. The van der Waals surface area contributed by atoms with E-state index in [1.165, 1.54) is 0 Å². The molecule has 0 aromatic carbocycles. The molecule has 2 amide bonds. The Morgan fingerprint density at radius 1 is 1.30 bits per heavy atom. The van der Waals surface area contributed by atoms with Crippen LogP contribution in [0.5, 0.6) is 0 Å². The quantitative estimate of drug-likeness (QED) is 0.793. The summed E-state index contributed by atoms with van der Waals surface area (Å²) >= 11 is 1.80. The van der Waals surface area contributed by atoms with Gasteiger partial charge in [0.25, 0.3) is 0 Å². The van der Waals surface area contributed by atoms with Crippen LogP contribution in [0.4, 0.5) is 0 Å². The lowest BCUT2D eigenvalue weighted by atomic mass is 9.80. The van der Waals surface area contributed by atoms with Crippen molar-refractivity contribution in [3.63, 3.8) is 0 Å². The third kappa shape index (κ3) is 3.48. The number of nitrogens with one attached hydrogen (secondary N) is 1. The molecule has 1 heterocycles. The summed E-state index contributed by atoms with van der Waals surface area (Å²) in [5, 5.41) is 2.93. The molecule has 0 bridgehead atoms. The Labute approximate surface area is 127 Å². The highest BCUT2D eigenvalue weighted by atomic mass is 32.2. The van der Waals surface area contributed by atoms with E-state index in [1.54, 1.807) is 16.7 Å². The predicted octanol–water partition coefficient (Wildman–Crippen LogP) is 2.28. The first kappa shape index (κ1) is 17.3. The van der Waals surface area contributed by atoms with Gasteiger partial charge in [-0.05, 0) is 24.5 Å². The van der Waals surface area contributed by atoms with E-state index in [0.717, 1.165) is 11.5 Å². The average molecular weight is 300 g/mol. The summed E-state index contributed by atoms with van der Waals surface area (Å²) in [5.74, 6) is 1.93. The van der Waals surface area contributed by atoms with E-state index >= 15 is 0 Å². The van der Waals surface area contributed by atoms with E-state index in [-0.39, 0.29) is 23.3 Å². The van der Waals surface area contributed by atoms with Crippen molar-refractivity contribution in [1.29, 1.82) is 0 Å². The lowest BCUT2D eigenvalue weighted by molar-refractivity contribution is -0.158. The van der Waals surface area contributed by atoms with Crippen molar-refractivity contribution in [1.82, 2.24) is 10.2 Å². The van der Waals surface area contributed by atoms with Crippen LogP contribution >= 0.6 is 11.8 Å². The maximum atomic E-state index is 12.8. The molecule has 4 nitrogen and oxygen atoms in total. The first-order valence-corrected chi connectivity index (χ1v) is 8.53. The van der Waals surface area contributed by atoms with Crippen LogP contribution in [0.3, 0.4) is 0 Å². The second-order valence-corrected chi connectivity index (χ2v) is 8.03. The molecule has 0 radical (unpaired) electrons. The predicted molar refractivity (Wildman–Crippen MR) is 84.8 cm³/mol. The third-order valence-corrected chi connectivity index (χ3v) is 4.78. The largest absolute Gasteiger partial charge is 0.340 e. The summed E-state index contributed by atoms with van der Waals surface area (Å²) < 4.78 is 0. The van der Waals surface area contributed by atoms with E-state index in [0.29, 0.717) is 13.0 Å². The van der Waals surface area contributed by atoms with Gasteiger partial charge in [0.05, 0.1) is 0 Å². The molecule has 20 heavy (non-hydrogen) atoms. The van der Waals surface area contributed by atoms with E-state index < -0.39 is 5.54 Å². The SMILES string of the molecule is CCSCCN1C(=O)C(C)(CC)NC(=O)C1C(C)(C)C. The molecular formula is C15H28N2O2S. The van der Waals surface area contributed by atoms with Crippen molar-refractivity contribution >= 4 is 23.6 Å². The Kier molecular flexibility index (Phi) is 5.53. The zero-order valence-electron chi connectivity index (χ0n) is 13.6. The number of thioether (sulfide) groups is 1. The van der Waals surface area contributed by atoms with Crippen molar-refractivity contribution < 1.29 is 9.59 Å². The second kappa shape index (κ2) is 6.37. The fourth-order valence-corrected chi connectivity index (χ4v) is 3.22. The summed E-state index contributed by atoms with van der Waals surface area (Å²) in [6.07, 6.45) is 0.617. The summed E-state index contributed by atoms with van der Waals surface area (Å²) in [5.41, 5.74) is -1.01. The van der Waals surface area contributed by atoms with Gasteiger partial charge in [-0.3, -0.25) is 9.59 Å². The highest BCUT2D eigenvalue weighted by Crippen LogP contribution is 2.31. The van der Waals surface area contributed by atoms with E-state index in [2.05, 4.69) is 12.2 Å². The molecule has 2 atom stereocenters. The van der Waals surface area contributed by atoms with Crippen LogP contribution in [0.1, 0.15) is 48.0 Å². The van der Waals surface area contributed by atoms with E-state index in [9.17, 15) is 9.59 Å². The lowest BCUT2D eigenvalue weighted by Crippen LogP contribution is -2.71. The molecule has 0 aromatic heterocycles. The number of carbonyl (C=O) groups is 2. The maximum Gasteiger partial charge on any atom is 0.248 e. The van der Waals surface area contributed by atoms with Gasteiger partial charge in [0, 0.05) is 12.3 Å². The number of nitrogens with zero attached hydrogens (tertiary/aromatic N) is 1. The lowest BCUT2D eigenvalue weighted by Gasteiger charge is -2.48. The Morgan fingerprint density at radius 3 is 2.35 bits per heavy atom. The molecule has 2 unspecified atom stereocenters. The first-order valence-electron chi connectivity index (χ1n) is 7.38. The Morgan fingerprint density at radius 2 is 1.90 bits per heavy atom. The summed E-state index contributed by atoms with van der Waals surface area (Å²) in [7, 11) is 0. The molecule has 1 saturated heterocycles. The molecule has 0 aliphatic carbocycles. The fraction of sp³-hybridized carbons (Fsp3) is 0.867. The fourth-order valence-electron chi connectivity index (χ4n) is 2.61. The number of amides is 2. The maximum absolute atomic E-state index is 12.8. The van der Waals surface area contributed by atoms with E-state index in [1.807, 2.05) is 34.6 Å². The Hall–Kier alpha value is -0.710. The minimum absolute atomic E-state index is 0.0250. The molecule has 1 rings (SSSR count). The number of hydrogen-bond donors (Lipinski definition) is 1. The highest BCUT2D eigenvalue weighted by molar-refractivity contribution is 7.99. The topological polar surface area (TPSA) is 49.4 Å². The van der Waals surface area contributed by atoms with Gasteiger partial charge in [0.15, 0.2) is 0 Å². The van der Waals surface area contributed by atoms with Crippen molar-refractivity contribution in [2.75, 3.05) is 18.1 Å². The molecule has 5 heteroatoms. The van der Waals surface area contributed by atoms with Crippen LogP contribution in [0.15, 0.2) is 0 Å². The van der Waals surface area contributed by atoms with Gasteiger partial charge in [-0.15, -0.1) is 0 Å². The zero-order valence-corrected chi connectivity index (χ0v) is 14.4. The Bertz CT molecular complexity index is 379. The van der Waals surface area contributed by atoms with Crippen LogP contribution in [0, 0.1) is 5.41 Å². The monoisotopic (exact) mass is 300 g/mol. The van der Waals surface area contributed by atoms with Gasteiger partial charge in [-0.2, -0.15) is 11.8 Å². The van der Waals surface area contributed by atoms with Crippen molar-refractivity contribution in [3.05, 3.63) is 0 Å². The van der Waals surface area contributed by atoms with Crippen LogP contribution in [0.2, 0.25) is 0 Å². The van der Waals surface area contributed by atoms with Gasteiger partial charge < -0.3 is 10.2 Å². The number of carbonyl (C=O) groups excluding carboxylic acids is 2. The molecule has 1 fully saturated rings. The van der Waals surface area contributed by atoms with Gasteiger partial charge in [-0.1, -0.05) is 34.6 Å². The molecule has 116 valence electrons. The normalized spacial score (nSPS) is 27.7. The summed E-state index contributed by atoms with van der Waals surface area (Å²) in [6, 6.07) is -0.382. The third-order valence-electron chi connectivity index (χ3n) is 3.90.